The molecule has 5 heteroatoms. The third kappa shape index (κ3) is 3.04. The van der Waals surface area contributed by atoms with Crippen LogP contribution >= 0.6 is 10.9 Å². The van der Waals surface area contributed by atoms with E-state index in [0.717, 1.165) is 5.56 Å². The van der Waals surface area contributed by atoms with E-state index in [1.54, 1.807) is 31.2 Å². The first-order valence-electron chi connectivity index (χ1n) is 5.61. The van der Waals surface area contributed by atoms with Gasteiger partial charge < -0.3 is 0 Å². The fourth-order valence-electron chi connectivity index (χ4n) is 1.58. The van der Waals surface area contributed by atoms with Crippen LogP contribution in [0.5, 0.6) is 0 Å². The van der Waals surface area contributed by atoms with Gasteiger partial charge in [0, 0.05) is 0 Å². The highest BCUT2D eigenvalue weighted by Gasteiger charge is 2.21. The van der Waals surface area contributed by atoms with Crippen molar-refractivity contribution in [3.05, 3.63) is 52.8 Å². The summed E-state index contributed by atoms with van der Waals surface area (Å²) in [5.74, 6) is 0. The number of thiol groups is 1. The minimum Gasteiger partial charge on any atom is -0.253 e. The maximum Gasteiger partial charge on any atom is 0.297 e. The van der Waals surface area contributed by atoms with Crippen LogP contribution in [0.2, 0.25) is 0 Å². The second-order valence-corrected chi connectivity index (χ2v) is 7.88. The molecule has 3 nitrogen and oxygen atoms in total. The first-order valence-corrected chi connectivity index (χ1v) is 8.57. The minimum atomic E-state index is -3.67. The second kappa shape index (κ2) is 5.30. The number of aryl methyl sites for hydroxylation is 1. The van der Waals surface area contributed by atoms with Crippen LogP contribution in [0.3, 0.4) is 0 Å². The van der Waals surface area contributed by atoms with Gasteiger partial charge in [-0.05, 0) is 36.8 Å². The van der Waals surface area contributed by atoms with Crippen LogP contribution in [0.1, 0.15) is 12.5 Å². The molecule has 0 saturated heterocycles. The van der Waals surface area contributed by atoms with E-state index in [1.807, 2.05) is 29.9 Å². The lowest BCUT2D eigenvalue weighted by atomic mass is 10.2. The summed E-state index contributed by atoms with van der Waals surface area (Å²) in [6.45, 7) is 3.70. The molecule has 0 fully saturated rings. The molecule has 18 heavy (non-hydrogen) atoms. The van der Waals surface area contributed by atoms with Crippen molar-refractivity contribution in [1.82, 2.24) is 0 Å². The molecule has 0 bridgehead atoms. The summed E-state index contributed by atoms with van der Waals surface area (Å²) < 4.78 is 29.3. The first-order chi connectivity index (χ1) is 8.49. The fraction of sp³-hybridized carbons (Fsp3) is 0.231. The van der Waals surface area contributed by atoms with Gasteiger partial charge in [-0.15, -0.1) is 0 Å². The Morgan fingerprint density at radius 2 is 1.67 bits per heavy atom. The SMILES string of the molecule is Cc1ccc(S(=O)(=O)OC(C)[SH]2C=CC=C2)cc1. The molecule has 0 aromatic heterocycles. The highest BCUT2D eigenvalue weighted by molar-refractivity contribution is 8.22. The molecule has 0 N–H and O–H groups in total. The van der Waals surface area contributed by atoms with Crippen molar-refractivity contribution in [2.75, 3.05) is 0 Å². The van der Waals surface area contributed by atoms with Crippen molar-refractivity contribution in [3.8, 4) is 0 Å². The lowest BCUT2D eigenvalue weighted by molar-refractivity contribution is 0.309. The molecule has 0 spiro atoms. The zero-order valence-electron chi connectivity index (χ0n) is 10.3. The molecule has 2 rings (SSSR count). The van der Waals surface area contributed by atoms with Crippen molar-refractivity contribution in [2.24, 2.45) is 0 Å². The van der Waals surface area contributed by atoms with Crippen molar-refractivity contribution in [3.63, 3.8) is 0 Å². The first kappa shape index (κ1) is 13.4. The highest BCUT2D eigenvalue weighted by atomic mass is 32.2. The lowest BCUT2D eigenvalue weighted by Crippen LogP contribution is -2.14. The topological polar surface area (TPSA) is 43.4 Å². The number of benzene rings is 1. The lowest BCUT2D eigenvalue weighted by Gasteiger charge is -2.19. The summed E-state index contributed by atoms with van der Waals surface area (Å²) in [7, 11) is -4.30. The number of hydrogen-bond acceptors (Lipinski definition) is 3. The zero-order valence-corrected chi connectivity index (χ0v) is 12.0. The number of hydrogen-bond donors (Lipinski definition) is 1. The Kier molecular flexibility index (Phi) is 3.94. The van der Waals surface area contributed by atoms with Gasteiger partial charge >= 0.3 is 0 Å². The average molecular weight is 284 g/mol. The van der Waals surface area contributed by atoms with Crippen LogP contribution in [-0.4, -0.2) is 13.9 Å². The van der Waals surface area contributed by atoms with Crippen LogP contribution in [0.15, 0.2) is 52.1 Å². The third-order valence-corrected chi connectivity index (χ3v) is 6.14. The van der Waals surface area contributed by atoms with E-state index in [9.17, 15) is 8.42 Å². The molecule has 0 saturated carbocycles. The van der Waals surface area contributed by atoms with E-state index < -0.39 is 21.0 Å². The predicted octanol–water partition coefficient (Wildman–Crippen LogP) is 3.09. The Balaban J connectivity index is 2.14. The van der Waals surface area contributed by atoms with Gasteiger partial charge in [-0.2, -0.15) is 19.3 Å². The largest absolute Gasteiger partial charge is 0.297 e. The standard InChI is InChI=1S/C13H16O3S2/c1-11-5-7-13(8-6-11)18(14,15)16-12(2)17-9-3-4-10-17/h3-10,12,17H,1-2H3. The van der Waals surface area contributed by atoms with Gasteiger partial charge in [0.05, 0.1) is 4.90 Å². The molecule has 0 aliphatic carbocycles. The molecule has 1 atom stereocenters. The molecule has 1 heterocycles. The normalized spacial score (nSPS) is 18.2. The number of rotatable bonds is 4. The molecule has 1 unspecified atom stereocenters. The van der Waals surface area contributed by atoms with Gasteiger partial charge in [0.1, 0.15) is 5.44 Å². The average Bonchev–Trinajstić information content (AvgIpc) is 2.82. The smallest absolute Gasteiger partial charge is 0.253 e. The molecule has 1 aliphatic heterocycles. The molecule has 1 aromatic carbocycles. The second-order valence-electron chi connectivity index (χ2n) is 4.09. The molecule has 1 aliphatic rings. The van der Waals surface area contributed by atoms with Crippen molar-refractivity contribution < 1.29 is 12.6 Å². The summed E-state index contributed by atoms with van der Waals surface area (Å²) >= 11 is 0. The Bertz CT molecular complexity index is 559. The van der Waals surface area contributed by atoms with E-state index in [4.69, 9.17) is 4.18 Å². The van der Waals surface area contributed by atoms with Gasteiger partial charge in [-0.25, -0.2) is 0 Å². The van der Waals surface area contributed by atoms with Crippen LogP contribution in [0.4, 0.5) is 0 Å². The van der Waals surface area contributed by atoms with E-state index >= 15 is 0 Å². The van der Waals surface area contributed by atoms with Crippen LogP contribution in [-0.2, 0) is 14.3 Å². The van der Waals surface area contributed by atoms with E-state index in [2.05, 4.69) is 0 Å². The van der Waals surface area contributed by atoms with E-state index in [-0.39, 0.29) is 10.3 Å². The van der Waals surface area contributed by atoms with Gasteiger partial charge in [0.25, 0.3) is 10.1 Å². The summed E-state index contributed by atoms with van der Waals surface area (Å²) in [6.07, 6.45) is 3.84. The predicted molar refractivity (Wildman–Crippen MR) is 76.2 cm³/mol. The molecule has 1 aromatic rings. The molecular weight excluding hydrogens is 268 g/mol. The van der Waals surface area contributed by atoms with Crippen LogP contribution in [0, 0.1) is 6.92 Å². The monoisotopic (exact) mass is 284 g/mol. The Morgan fingerprint density at radius 3 is 2.22 bits per heavy atom. The molecule has 98 valence electrons. The summed E-state index contributed by atoms with van der Waals surface area (Å²) in [4.78, 5) is 0.210. The Labute approximate surface area is 111 Å². The van der Waals surface area contributed by atoms with Crippen molar-refractivity contribution >= 4 is 21.0 Å². The van der Waals surface area contributed by atoms with Gasteiger partial charge in [0.2, 0.25) is 0 Å². The quantitative estimate of drug-likeness (QED) is 0.682. The summed E-state index contributed by atoms with van der Waals surface area (Å²) in [6, 6.07) is 6.68. The van der Waals surface area contributed by atoms with Crippen molar-refractivity contribution in [2.45, 2.75) is 24.2 Å². The maximum absolute atomic E-state index is 12.1. The maximum atomic E-state index is 12.1. The number of allylic oxidation sites excluding steroid dienone is 2. The van der Waals surface area contributed by atoms with Gasteiger partial charge in [-0.1, -0.05) is 29.8 Å². The Morgan fingerprint density at radius 1 is 1.11 bits per heavy atom. The summed E-state index contributed by atoms with van der Waals surface area (Å²) in [5, 5.41) is 3.98. The summed E-state index contributed by atoms with van der Waals surface area (Å²) in [5.41, 5.74) is 0.689. The minimum absolute atomic E-state index is 0.210. The van der Waals surface area contributed by atoms with Crippen LogP contribution in [0.25, 0.3) is 0 Å². The third-order valence-electron chi connectivity index (χ3n) is 2.62. The van der Waals surface area contributed by atoms with E-state index in [1.165, 1.54) is 0 Å². The highest BCUT2D eigenvalue weighted by Crippen LogP contribution is 2.39. The molecule has 0 radical (unpaired) electrons. The Hall–Kier alpha value is -1.04. The molecule has 0 amide bonds. The van der Waals surface area contributed by atoms with Gasteiger partial charge in [-0.3, -0.25) is 4.18 Å². The van der Waals surface area contributed by atoms with Crippen molar-refractivity contribution in [1.29, 1.82) is 0 Å². The van der Waals surface area contributed by atoms with Gasteiger partial charge in [0.15, 0.2) is 0 Å². The van der Waals surface area contributed by atoms with E-state index in [0.29, 0.717) is 0 Å². The molecular formula is C13H16O3S2. The van der Waals surface area contributed by atoms with Crippen LogP contribution < -0.4 is 0 Å². The fourth-order valence-corrected chi connectivity index (χ4v) is 4.45. The zero-order chi connectivity index (χ0) is 13.2.